The van der Waals surface area contributed by atoms with Crippen LogP contribution in [0.15, 0.2) is 42.7 Å². The van der Waals surface area contributed by atoms with Crippen molar-refractivity contribution >= 4 is 5.97 Å². The van der Waals surface area contributed by atoms with Crippen LogP contribution in [0, 0.1) is 5.82 Å². The Hall–Kier alpha value is -2.30. The number of carbonyl (C=O) groups is 1. The van der Waals surface area contributed by atoms with E-state index in [1.54, 1.807) is 30.3 Å². The lowest BCUT2D eigenvalue weighted by Crippen LogP contribution is -2.07. The second kappa shape index (κ2) is 5.16. The molecule has 1 aromatic carbocycles. The molecule has 5 heteroatoms. The molecule has 0 aliphatic carbocycles. The van der Waals surface area contributed by atoms with Crippen molar-refractivity contribution in [2.45, 2.75) is 6.61 Å². The molecule has 2 rings (SSSR count). The summed E-state index contributed by atoms with van der Waals surface area (Å²) in [5, 5.41) is 0. The SMILES string of the molecule is O=C(OCc1ncc(F)cn1)c1ccccc1. The van der Waals surface area contributed by atoms with Gasteiger partial charge in [0.2, 0.25) is 0 Å². The van der Waals surface area contributed by atoms with Crippen LogP contribution in [0.3, 0.4) is 0 Å². The van der Waals surface area contributed by atoms with Gasteiger partial charge in [-0.1, -0.05) is 18.2 Å². The van der Waals surface area contributed by atoms with Crippen molar-refractivity contribution in [2.75, 3.05) is 0 Å². The molecular formula is C12H9FN2O2. The summed E-state index contributed by atoms with van der Waals surface area (Å²) in [6, 6.07) is 8.58. The lowest BCUT2D eigenvalue weighted by Gasteiger charge is -2.03. The van der Waals surface area contributed by atoms with E-state index in [4.69, 9.17) is 4.74 Å². The van der Waals surface area contributed by atoms with E-state index in [-0.39, 0.29) is 12.4 Å². The zero-order valence-corrected chi connectivity index (χ0v) is 8.84. The van der Waals surface area contributed by atoms with Gasteiger partial charge in [-0.25, -0.2) is 19.2 Å². The molecule has 1 aromatic heterocycles. The molecule has 86 valence electrons. The maximum Gasteiger partial charge on any atom is 0.338 e. The summed E-state index contributed by atoms with van der Waals surface area (Å²) in [5.74, 6) is -0.725. The van der Waals surface area contributed by atoms with Crippen LogP contribution in [0.5, 0.6) is 0 Å². The fourth-order valence-corrected chi connectivity index (χ4v) is 1.20. The van der Waals surface area contributed by atoms with E-state index in [2.05, 4.69) is 9.97 Å². The third-order valence-electron chi connectivity index (χ3n) is 2.02. The first-order chi connectivity index (χ1) is 8.25. The molecule has 0 N–H and O–H groups in total. The van der Waals surface area contributed by atoms with Gasteiger partial charge in [0, 0.05) is 0 Å². The van der Waals surface area contributed by atoms with Gasteiger partial charge in [-0.2, -0.15) is 0 Å². The molecule has 0 saturated heterocycles. The van der Waals surface area contributed by atoms with Crippen LogP contribution < -0.4 is 0 Å². The summed E-state index contributed by atoms with van der Waals surface area (Å²) in [7, 11) is 0. The average Bonchev–Trinajstić information content (AvgIpc) is 2.39. The normalized spacial score (nSPS) is 9.94. The fraction of sp³-hybridized carbons (Fsp3) is 0.0833. The Morgan fingerprint density at radius 1 is 1.18 bits per heavy atom. The number of carbonyl (C=O) groups excluding carboxylic acids is 1. The van der Waals surface area contributed by atoms with E-state index < -0.39 is 11.8 Å². The number of nitrogens with zero attached hydrogens (tertiary/aromatic N) is 2. The van der Waals surface area contributed by atoms with Gasteiger partial charge in [-0.15, -0.1) is 0 Å². The summed E-state index contributed by atoms with van der Waals surface area (Å²) in [6.07, 6.45) is 2.05. The Morgan fingerprint density at radius 2 is 1.82 bits per heavy atom. The Labute approximate surface area is 97.1 Å². The predicted octanol–water partition coefficient (Wildman–Crippen LogP) is 1.97. The minimum atomic E-state index is -0.525. The van der Waals surface area contributed by atoms with Crippen LogP contribution in [0.25, 0.3) is 0 Å². The summed E-state index contributed by atoms with van der Waals surface area (Å²) >= 11 is 0. The monoisotopic (exact) mass is 232 g/mol. The van der Waals surface area contributed by atoms with Crippen LogP contribution in [0.4, 0.5) is 4.39 Å². The Bertz CT molecular complexity index is 500. The summed E-state index contributed by atoms with van der Waals surface area (Å²) in [4.78, 5) is 18.9. The number of ether oxygens (including phenoxy) is 1. The molecule has 17 heavy (non-hydrogen) atoms. The second-order valence-electron chi connectivity index (χ2n) is 3.26. The number of esters is 1. The molecule has 0 aliphatic rings. The highest BCUT2D eigenvalue weighted by Crippen LogP contribution is 2.03. The van der Waals surface area contributed by atoms with E-state index in [1.165, 1.54) is 0 Å². The van der Waals surface area contributed by atoms with Crippen LogP contribution >= 0.6 is 0 Å². The van der Waals surface area contributed by atoms with Crippen molar-refractivity contribution in [2.24, 2.45) is 0 Å². The molecule has 0 aliphatic heterocycles. The van der Waals surface area contributed by atoms with Gasteiger partial charge in [-0.3, -0.25) is 0 Å². The molecule has 0 spiro atoms. The number of hydrogen-bond acceptors (Lipinski definition) is 4. The molecule has 0 amide bonds. The number of halogens is 1. The molecule has 0 saturated carbocycles. The van der Waals surface area contributed by atoms with Crippen molar-refractivity contribution < 1.29 is 13.9 Å². The van der Waals surface area contributed by atoms with Crippen LogP contribution in [-0.2, 0) is 11.3 Å². The van der Waals surface area contributed by atoms with Gasteiger partial charge in [-0.05, 0) is 12.1 Å². The first kappa shape index (κ1) is 11.2. The lowest BCUT2D eigenvalue weighted by molar-refractivity contribution is 0.0462. The molecule has 0 unspecified atom stereocenters. The van der Waals surface area contributed by atoms with Crippen LogP contribution in [-0.4, -0.2) is 15.9 Å². The minimum Gasteiger partial charge on any atom is -0.454 e. The summed E-state index contributed by atoms with van der Waals surface area (Å²) < 4.78 is 17.5. The Morgan fingerprint density at radius 3 is 2.47 bits per heavy atom. The van der Waals surface area contributed by atoms with E-state index in [0.717, 1.165) is 12.4 Å². The molecule has 0 radical (unpaired) electrons. The molecule has 0 atom stereocenters. The first-order valence-corrected chi connectivity index (χ1v) is 4.94. The molecule has 4 nitrogen and oxygen atoms in total. The van der Waals surface area contributed by atoms with Crippen molar-refractivity contribution in [3.63, 3.8) is 0 Å². The summed E-state index contributed by atoms with van der Waals surface area (Å²) in [6.45, 7) is -0.0754. The third-order valence-corrected chi connectivity index (χ3v) is 2.02. The fourth-order valence-electron chi connectivity index (χ4n) is 1.20. The van der Waals surface area contributed by atoms with E-state index in [1.807, 2.05) is 0 Å². The molecular weight excluding hydrogens is 223 g/mol. The van der Waals surface area contributed by atoms with Crippen molar-refractivity contribution in [1.29, 1.82) is 0 Å². The predicted molar refractivity (Wildman–Crippen MR) is 57.6 cm³/mol. The average molecular weight is 232 g/mol. The van der Waals surface area contributed by atoms with Gasteiger partial charge in [0.1, 0.15) is 0 Å². The topological polar surface area (TPSA) is 52.1 Å². The molecule has 0 fully saturated rings. The van der Waals surface area contributed by atoms with E-state index in [0.29, 0.717) is 5.56 Å². The number of aromatic nitrogens is 2. The van der Waals surface area contributed by atoms with Crippen molar-refractivity contribution in [3.8, 4) is 0 Å². The highest BCUT2D eigenvalue weighted by molar-refractivity contribution is 5.89. The highest BCUT2D eigenvalue weighted by atomic mass is 19.1. The Balaban J connectivity index is 1.95. The number of rotatable bonds is 3. The Kier molecular flexibility index (Phi) is 3.40. The minimum absolute atomic E-state index is 0.0754. The van der Waals surface area contributed by atoms with Gasteiger partial charge >= 0.3 is 5.97 Å². The van der Waals surface area contributed by atoms with Crippen LogP contribution in [0.2, 0.25) is 0 Å². The van der Waals surface area contributed by atoms with Crippen LogP contribution in [0.1, 0.15) is 16.2 Å². The number of hydrogen-bond donors (Lipinski definition) is 0. The smallest absolute Gasteiger partial charge is 0.338 e. The maximum atomic E-state index is 12.5. The maximum absolute atomic E-state index is 12.5. The van der Waals surface area contributed by atoms with Crippen molar-refractivity contribution in [3.05, 3.63) is 59.9 Å². The summed E-state index contributed by atoms with van der Waals surface area (Å²) in [5.41, 5.74) is 0.453. The van der Waals surface area contributed by atoms with Gasteiger partial charge in [0.15, 0.2) is 18.2 Å². The largest absolute Gasteiger partial charge is 0.454 e. The van der Waals surface area contributed by atoms with E-state index >= 15 is 0 Å². The zero-order valence-electron chi connectivity index (χ0n) is 8.84. The number of benzene rings is 1. The highest BCUT2D eigenvalue weighted by Gasteiger charge is 2.07. The zero-order chi connectivity index (χ0) is 12.1. The molecule has 0 bridgehead atoms. The van der Waals surface area contributed by atoms with Gasteiger partial charge in [0.05, 0.1) is 18.0 Å². The lowest BCUT2D eigenvalue weighted by atomic mass is 10.2. The standard InChI is InChI=1S/C12H9FN2O2/c13-10-6-14-11(15-7-10)8-17-12(16)9-4-2-1-3-5-9/h1-7H,8H2. The second-order valence-corrected chi connectivity index (χ2v) is 3.26. The quantitative estimate of drug-likeness (QED) is 0.759. The third kappa shape index (κ3) is 3.07. The van der Waals surface area contributed by atoms with E-state index in [9.17, 15) is 9.18 Å². The van der Waals surface area contributed by atoms with Gasteiger partial charge in [0.25, 0.3) is 0 Å². The first-order valence-electron chi connectivity index (χ1n) is 4.94. The van der Waals surface area contributed by atoms with Crippen molar-refractivity contribution in [1.82, 2.24) is 9.97 Å². The molecule has 2 aromatic rings. The molecule has 1 heterocycles. The van der Waals surface area contributed by atoms with Gasteiger partial charge < -0.3 is 4.74 Å².